The number of ether oxygens (including phenoxy) is 1. The number of nitrogens with zero attached hydrogens (tertiary/aromatic N) is 3. The van der Waals surface area contributed by atoms with E-state index in [1.807, 2.05) is 4.68 Å². The number of methoxy groups -OCH3 is 1. The third-order valence-electron chi connectivity index (χ3n) is 2.90. The Morgan fingerprint density at radius 2 is 2.40 bits per heavy atom. The fraction of sp³-hybridized carbons (Fsp3) is 0.700. The number of aldehydes is 1. The molecule has 1 fully saturated rings. The van der Waals surface area contributed by atoms with E-state index in [9.17, 15) is 4.79 Å². The highest BCUT2D eigenvalue weighted by Gasteiger charge is 2.31. The van der Waals surface area contributed by atoms with E-state index in [1.54, 1.807) is 7.11 Å². The number of aromatic nitrogens is 3. The minimum Gasteiger partial charge on any atom is -0.378 e. The summed E-state index contributed by atoms with van der Waals surface area (Å²) in [6.07, 6.45) is 3.21. The summed E-state index contributed by atoms with van der Waals surface area (Å²) in [4.78, 5) is 10.8. The molecule has 1 unspecified atom stereocenters. The largest absolute Gasteiger partial charge is 0.378 e. The van der Waals surface area contributed by atoms with Crippen LogP contribution in [-0.2, 0) is 11.3 Å². The van der Waals surface area contributed by atoms with Gasteiger partial charge in [0.2, 0.25) is 0 Å². The van der Waals surface area contributed by atoms with Gasteiger partial charge in [-0.1, -0.05) is 5.21 Å². The SMILES string of the molecule is COCc1c(C=O)nnn1C(C)C1CC1. The van der Waals surface area contributed by atoms with Gasteiger partial charge in [0.05, 0.1) is 18.3 Å². The Labute approximate surface area is 88.4 Å². The molecule has 1 aromatic rings. The second-order valence-electron chi connectivity index (χ2n) is 3.99. The maximum absolute atomic E-state index is 10.8. The fourth-order valence-electron chi connectivity index (χ4n) is 1.80. The fourth-order valence-corrected chi connectivity index (χ4v) is 1.80. The van der Waals surface area contributed by atoms with E-state index >= 15 is 0 Å². The summed E-state index contributed by atoms with van der Waals surface area (Å²) in [5.41, 5.74) is 1.18. The molecule has 0 amide bonds. The molecular formula is C10H15N3O2. The van der Waals surface area contributed by atoms with Gasteiger partial charge in [0.15, 0.2) is 12.0 Å². The lowest BCUT2D eigenvalue weighted by molar-refractivity contribution is 0.111. The van der Waals surface area contributed by atoms with Gasteiger partial charge in [0.25, 0.3) is 0 Å². The number of carbonyl (C=O) groups excluding carboxylic acids is 1. The molecule has 82 valence electrons. The van der Waals surface area contributed by atoms with Gasteiger partial charge in [-0.05, 0) is 25.7 Å². The van der Waals surface area contributed by atoms with E-state index in [-0.39, 0.29) is 0 Å². The van der Waals surface area contributed by atoms with Gasteiger partial charge in [-0.2, -0.15) is 0 Å². The minimum atomic E-state index is 0.316. The summed E-state index contributed by atoms with van der Waals surface area (Å²) < 4.78 is 6.88. The maximum atomic E-state index is 10.8. The molecule has 0 aromatic carbocycles. The standard InChI is InChI=1S/C10H15N3O2/c1-7(8-3-4-8)13-10(6-15-2)9(5-14)11-12-13/h5,7-8H,3-4,6H2,1-2H3. The number of carbonyl (C=O) groups is 1. The highest BCUT2D eigenvalue weighted by molar-refractivity contribution is 5.73. The average Bonchev–Trinajstić information content (AvgIpc) is 3.00. The van der Waals surface area contributed by atoms with Crippen LogP contribution in [0.15, 0.2) is 0 Å². The molecule has 0 aliphatic heterocycles. The van der Waals surface area contributed by atoms with Crippen molar-refractivity contribution in [3.05, 3.63) is 11.4 Å². The first-order valence-electron chi connectivity index (χ1n) is 5.16. The van der Waals surface area contributed by atoms with Gasteiger partial charge in [0.1, 0.15) is 0 Å². The highest BCUT2D eigenvalue weighted by atomic mass is 16.5. The third kappa shape index (κ3) is 1.92. The molecule has 0 saturated heterocycles. The van der Waals surface area contributed by atoms with Gasteiger partial charge in [0, 0.05) is 7.11 Å². The molecule has 1 aromatic heterocycles. The van der Waals surface area contributed by atoms with Crippen LogP contribution in [0.1, 0.15) is 42.0 Å². The van der Waals surface area contributed by atoms with Crippen molar-refractivity contribution in [2.45, 2.75) is 32.4 Å². The molecule has 5 nitrogen and oxygen atoms in total. The normalized spacial score (nSPS) is 17.7. The smallest absolute Gasteiger partial charge is 0.172 e. The Balaban J connectivity index is 2.28. The molecule has 0 bridgehead atoms. The first kappa shape index (κ1) is 10.3. The molecule has 1 aliphatic carbocycles. The summed E-state index contributed by atoms with van der Waals surface area (Å²) >= 11 is 0. The molecular weight excluding hydrogens is 194 g/mol. The van der Waals surface area contributed by atoms with Crippen LogP contribution in [0.2, 0.25) is 0 Å². The van der Waals surface area contributed by atoms with Crippen LogP contribution in [0.25, 0.3) is 0 Å². The Bertz CT molecular complexity index is 358. The second kappa shape index (κ2) is 4.10. The van der Waals surface area contributed by atoms with E-state index in [4.69, 9.17) is 4.74 Å². The molecule has 0 radical (unpaired) electrons. The lowest BCUT2D eigenvalue weighted by Gasteiger charge is -2.13. The van der Waals surface area contributed by atoms with E-state index < -0.39 is 0 Å². The van der Waals surface area contributed by atoms with Gasteiger partial charge in [-0.25, -0.2) is 4.68 Å². The van der Waals surface area contributed by atoms with Crippen LogP contribution in [0, 0.1) is 5.92 Å². The molecule has 1 heterocycles. The van der Waals surface area contributed by atoms with Crippen molar-refractivity contribution >= 4 is 6.29 Å². The Kier molecular flexibility index (Phi) is 2.81. The molecule has 2 rings (SSSR count). The molecule has 5 heteroatoms. The van der Waals surface area contributed by atoms with Crippen molar-refractivity contribution in [2.75, 3.05) is 7.11 Å². The summed E-state index contributed by atoms with van der Waals surface area (Å²) in [5.74, 6) is 0.682. The molecule has 1 atom stereocenters. The monoisotopic (exact) mass is 209 g/mol. The Morgan fingerprint density at radius 3 is 2.93 bits per heavy atom. The summed E-state index contributed by atoms with van der Waals surface area (Å²) in [5, 5.41) is 7.87. The molecule has 15 heavy (non-hydrogen) atoms. The van der Waals surface area contributed by atoms with Gasteiger partial charge < -0.3 is 4.74 Å². The maximum Gasteiger partial charge on any atom is 0.172 e. The van der Waals surface area contributed by atoms with Crippen molar-refractivity contribution in [3.63, 3.8) is 0 Å². The molecule has 1 aliphatic rings. The van der Waals surface area contributed by atoms with Crippen LogP contribution in [0.5, 0.6) is 0 Å². The highest BCUT2D eigenvalue weighted by Crippen LogP contribution is 2.39. The van der Waals surface area contributed by atoms with E-state index in [0.717, 1.165) is 12.0 Å². The number of hydrogen-bond acceptors (Lipinski definition) is 4. The summed E-state index contributed by atoms with van der Waals surface area (Å²) in [6.45, 7) is 2.50. The van der Waals surface area contributed by atoms with Gasteiger partial charge in [-0.3, -0.25) is 4.79 Å². The third-order valence-corrected chi connectivity index (χ3v) is 2.90. The second-order valence-corrected chi connectivity index (χ2v) is 3.99. The lowest BCUT2D eigenvalue weighted by atomic mass is 10.2. The van der Waals surface area contributed by atoms with Crippen molar-refractivity contribution in [1.29, 1.82) is 0 Å². The topological polar surface area (TPSA) is 57.0 Å². The van der Waals surface area contributed by atoms with Crippen molar-refractivity contribution in [3.8, 4) is 0 Å². The van der Waals surface area contributed by atoms with Crippen molar-refractivity contribution in [1.82, 2.24) is 15.0 Å². The van der Waals surface area contributed by atoms with E-state index in [0.29, 0.717) is 24.3 Å². The van der Waals surface area contributed by atoms with Crippen LogP contribution >= 0.6 is 0 Å². The lowest BCUT2D eigenvalue weighted by Crippen LogP contribution is -2.13. The number of rotatable bonds is 5. The van der Waals surface area contributed by atoms with Crippen molar-refractivity contribution in [2.24, 2.45) is 5.92 Å². The van der Waals surface area contributed by atoms with Crippen LogP contribution in [-0.4, -0.2) is 28.4 Å². The zero-order chi connectivity index (χ0) is 10.8. The number of hydrogen-bond donors (Lipinski definition) is 0. The van der Waals surface area contributed by atoms with Crippen LogP contribution in [0.4, 0.5) is 0 Å². The van der Waals surface area contributed by atoms with Crippen molar-refractivity contribution < 1.29 is 9.53 Å². The average molecular weight is 209 g/mol. The van der Waals surface area contributed by atoms with E-state index in [2.05, 4.69) is 17.2 Å². The van der Waals surface area contributed by atoms with Gasteiger partial charge >= 0.3 is 0 Å². The quantitative estimate of drug-likeness (QED) is 0.684. The summed E-state index contributed by atoms with van der Waals surface area (Å²) in [6, 6.07) is 0.316. The van der Waals surface area contributed by atoms with Crippen LogP contribution in [0.3, 0.4) is 0 Å². The zero-order valence-electron chi connectivity index (χ0n) is 9.01. The van der Waals surface area contributed by atoms with E-state index in [1.165, 1.54) is 12.8 Å². The van der Waals surface area contributed by atoms with Crippen LogP contribution < -0.4 is 0 Å². The predicted octanol–water partition coefficient (Wildman–Crippen LogP) is 1.21. The molecule has 0 N–H and O–H groups in total. The molecule has 1 saturated carbocycles. The minimum absolute atomic E-state index is 0.316. The Morgan fingerprint density at radius 1 is 1.67 bits per heavy atom. The Hall–Kier alpha value is -1.23. The van der Waals surface area contributed by atoms with Gasteiger partial charge in [-0.15, -0.1) is 5.10 Å². The first-order chi connectivity index (χ1) is 7.27. The first-order valence-corrected chi connectivity index (χ1v) is 5.16. The predicted molar refractivity (Wildman–Crippen MR) is 53.6 cm³/mol. The summed E-state index contributed by atoms with van der Waals surface area (Å²) in [7, 11) is 1.60. The zero-order valence-corrected chi connectivity index (χ0v) is 9.01. The molecule has 0 spiro atoms.